The van der Waals surface area contributed by atoms with E-state index in [1.54, 1.807) is 24.3 Å². The van der Waals surface area contributed by atoms with Gasteiger partial charge in [-0.15, -0.1) is 11.6 Å². The number of halogens is 1. The van der Waals surface area contributed by atoms with Gasteiger partial charge in [-0.1, -0.05) is 44.4 Å². The molecule has 0 aromatic heterocycles. The molecule has 0 spiro atoms. The van der Waals surface area contributed by atoms with Gasteiger partial charge in [0.2, 0.25) is 47.3 Å². The number of nitrogens with two attached hydrogens (primary N) is 3. The molecule has 0 radical (unpaired) electrons. The molecule has 6 unspecified atom stereocenters. The van der Waals surface area contributed by atoms with Gasteiger partial charge in [-0.2, -0.15) is 0 Å². The summed E-state index contributed by atoms with van der Waals surface area (Å²) in [6, 6.07) is -9.43. The summed E-state index contributed by atoms with van der Waals surface area (Å²) in [7, 11) is 0. The fourth-order valence-corrected chi connectivity index (χ4v) is 8.44. The maximum atomic E-state index is 14.2. The molecule has 1 aromatic rings. The molecule has 1 fully saturated rings. The lowest BCUT2D eigenvalue weighted by Crippen LogP contribution is -2.63. The SMILES string of the molecule is C/C=C1/NC(=O)C([C@H](C)O)NC(=O)[C@H](CCN)NC(=O)C([C@H](O)C(=O)O)NC(=O)C(CCCCN)NC(=O)[C@H](CC(=O)O)NC(=O)C(CCN)NC(=O)C(NC(=O)C[C@@H](O)Cc2cccc(OCCCCCC)c2)COC(=O)C([C@H](O)CCl)NC1=O. The maximum Gasteiger partial charge on any atom is 0.335 e. The van der Waals surface area contributed by atoms with E-state index in [-0.39, 0.29) is 38.8 Å². The number of unbranched alkanes of at least 4 members (excludes halogenated alkanes) is 4. The number of esters is 1. The van der Waals surface area contributed by atoms with E-state index in [2.05, 4.69) is 49.5 Å². The number of carbonyl (C=O) groups is 12. The minimum absolute atomic E-state index is 0.0350. The molecule has 0 saturated carbocycles. The summed E-state index contributed by atoms with van der Waals surface area (Å²) >= 11 is 5.90. The van der Waals surface area contributed by atoms with Crippen molar-refractivity contribution in [3.05, 3.63) is 41.6 Å². The van der Waals surface area contributed by atoms with Gasteiger partial charge >= 0.3 is 17.9 Å². The zero-order valence-corrected chi connectivity index (χ0v) is 48.8. The largest absolute Gasteiger partial charge is 0.494 e. The van der Waals surface area contributed by atoms with Crippen LogP contribution in [0.15, 0.2) is 36.0 Å². The average molecular weight is 1240 g/mol. The molecule has 1 saturated heterocycles. The van der Waals surface area contributed by atoms with E-state index in [9.17, 15) is 88.2 Å². The molecule has 1 aliphatic rings. The minimum atomic E-state index is -2.78. The fourth-order valence-electron chi connectivity index (χ4n) is 8.26. The highest BCUT2D eigenvalue weighted by molar-refractivity contribution is 6.18. The number of carbonyl (C=O) groups excluding carboxylic acids is 10. The Kier molecular flexibility index (Phi) is 33.9. The van der Waals surface area contributed by atoms with Crippen molar-refractivity contribution in [1.29, 1.82) is 0 Å². The van der Waals surface area contributed by atoms with Crippen molar-refractivity contribution < 1.29 is 97.6 Å². The van der Waals surface area contributed by atoms with Crippen LogP contribution in [-0.4, -0.2) is 213 Å². The number of amides is 9. The van der Waals surface area contributed by atoms with E-state index in [1.165, 1.54) is 6.92 Å². The second kappa shape index (κ2) is 39.2. The Balaban J connectivity index is 2.79. The van der Waals surface area contributed by atoms with Gasteiger partial charge in [-0.3, -0.25) is 47.9 Å². The molecule has 86 heavy (non-hydrogen) atoms. The van der Waals surface area contributed by atoms with Gasteiger partial charge in [-0.25, -0.2) is 9.59 Å². The number of allylic oxidation sites excluding steroid dienone is 1. The Morgan fingerprint density at radius 1 is 0.709 bits per heavy atom. The molecule has 21 N–H and O–H groups in total. The van der Waals surface area contributed by atoms with E-state index in [4.69, 9.17) is 38.3 Å². The standard InChI is InChI=1S/C53H83ClN12O20/c1-4-6-7-10-20-85-30-13-11-12-28(22-30)21-29(68)23-38(70)58-36-26-86-53(84)41(37(69)25-54)65-44(74)31(5-2)59-50(80)40(27(3)67)64-47(77)34(16-19-57)62-51(81)42(43(73)52(82)83)66-46(76)32(14-8-9-17-55)60-48(78)35(24-39(71)72)63-45(75)33(15-18-56)61-49(36)79/h5,11-13,22,27,29,32-37,40-43,67-69,73H,4,6-10,14-21,23-26,55-57H2,1-3H3,(H,58,70)(H,59,80)(H,60,78)(H,61,79)(H,62,81)(H,63,75)(H,64,77)(H,65,74)(H,66,76)(H,71,72)(H,82,83)/b31-5+/t27-,29-,32?,33?,34-,35-,36?,37+,40?,41?,42?,43-/m0/s1. The number of alkyl halides is 1. The number of nitrogens with one attached hydrogen (secondary N) is 9. The Morgan fingerprint density at radius 3 is 1.86 bits per heavy atom. The minimum Gasteiger partial charge on any atom is -0.494 e. The molecule has 482 valence electrons. The lowest BCUT2D eigenvalue weighted by molar-refractivity contribution is -0.153. The van der Waals surface area contributed by atoms with Gasteiger partial charge in [0, 0.05) is 0 Å². The first-order valence-corrected chi connectivity index (χ1v) is 28.4. The van der Waals surface area contributed by atoms with Crippen molar-refractivity contribution in [1.82, 2.24) is 47.9 Å². The summed E-state index contributed by atoms with van der Waals surface area (Å²) in [5.41, 5.74) is 17.0. The van der Waals surface area contributed by atoms with Crippen LogP contribution in [0.4, 0.5) is 0 Å². The van der Waals surface area contributed by atoms with E-state index >= 15 is 0 Å². The third kappa shape index (κ3) is 25.9. The molecule has 0 aliphatic carbocycles. The molecule has 1 aliphatic heterocycles. The predicted molar refractivity (Wildman–Crippen MR) is 303 cm³/mol. The van der Waals surface area contributed by atoms with Crippen molar-refractivity contribution in [3.63, 3.8) is 0 Å². The number of cyclic esters (lactones) is 1. The van der Waals surface area contributed by atoms with Gasteiger partial charge in [-0.05, 0) is 96.1 Å². The topological polar surface area (TPSA) is 531 Å². The number of aliphatic hydroxyl groups is 4. The van der Waals surface area contributed by atoms with Crippen LogP contribution >= 0.6 is 11.6 Å². The van der Waals surface area contributed by atoms with Crippen molar-refractivity contribution in [3.8, 4) is 5.75 Å². The van der Waals surface area contributed by atoms with Gasteiger partial charge in [0.15, 0.2) is 12.1 Å². The number of hydrogen-bond donors (Lipinski definition) is 18. The molecular weight excluding hydrogens is 1160 g/mol. The van der Waals surface area contributed by atoms with Crippen LogP contribution in [0.3, 0.4) is 0 Å². The van der Waals surface area contributed by atoms with Gasteiger partial charge < -0.3 is 105 Å². The molecule has 12 atom stereocenters. The van der Waals surface area contributed by atoms with Crippen LogP contribution in [0.2, 0.25) is 0 Å². The molecule has 0 bridgehead atoms. The third-order valence-corrected chi connectivity index (χ3v) is 13.3. The van der Waals surface area contributed by atoms with Crippen molar-refractivity contribution in [2.75, 3.05) is 38.7 Å². The average Bonchev–Trinajstić information content (AvgIpc) is 3.58. The number of ether oxygens (including phenoxy) is 2. The second-order valence-electron chi connectivity index (χ2n) is 20.0. The molecule has 33 heteroatoms. The smallest absolute Gasteiger partial charge is 0.335 e. The Morgan fingerprint density at radius 2 is 1.29 bits per heavy atom. The first kappa shape index (κ1) is 74.5. The Hall–Kier alpha value is -7.59. The van der Waals surface area contributed by atoms with Gasteiger partial charge in [0.1, 0.15) is 60.3 Å². The predicted octanol–water partition coefficient (Wildman–Crippen LogP) is -5.88. The molecule has 1 aromatic carbocycles. The van der Waals surface area contributed by atoms with Crippen molar-refractivity contribution in [2.24, 2.45) is 17.2 Å². The van der Waals surface area contributed by atoms with E-state index in [1.807, 2.05) is 5.32 Å². The lowest BCUT2D eigenvalue weighted by Gasteiger charge is -2.29. The highest BCUT2D eigenvalue weighted by Crippen LogP contribution is 2.17. The number of rotatable bonds is 26. The fraction of sp³-hybridized carbons (Fsp3) is 0.623. The van der Waals surface area contributed by atoms with Crippen LogP contribution in [0.25, 0.3) is 0 Å². The number of benzene rings is 1. The number of hydrogen-bond acceptors (Lipinski definition) is 21. The van der Waals surface area contributed by atoms with E-state index in [0.717, 1.165) is 38.7 Å². The third-order valence-electron chi connectivity index (χ3n) is 13.0. The van der Waals surface area contributed by atoms with E-state index < -0.39 is 194 Å². The second-order valence-corrected chi connectivity index (χ2v) is 20.3. The van der Waals surface area contributed by atoms with Crippen LogP contribution < -0.4 is 69.8 Å². The lowest BCUT2D eigenvalue weighted by atomic mass is 10.0. The zero-order chi connectivity index (χ0) is 64.6. The highest BCUT2D eigenvalue weighted by atomic mass is 35.5. The maximum absolute atomic E-state index is 14.2. The zero-order valence-electron chi connectivity index (χ0n) is 48.1. The van der Waals surface area contributed by atoms with Crippen LogP contribution in [0.5, 0.6) is 5.75 Å². The van der Waals surface area contributed by atoms with Crippen LogP contribution in [0, 0.1) is 0 Å². The number of aliphatic hydroxyl groups excluding tert-OH is 4. The van der Waals surface area contributed by atoms with Crippen LogP contribution in [0.1, 0.15) is 97.0 Å². The molecular formula is C53H83ClN12O20. The molecule has 9 amide bonds. The summed E-state index contributed by atoms with van der Waals surface area (Å²) in [6.45, 7) is 2.87. The molecule has 32 nitrogen and oxygen atoms in total. The van der Waals surface area contributed by atoms with Gasteiger partial charge in [0.25, 0.3) is 5.91 Å². The summed E-state index contributed by atoms with van der Waals surface area (Å²) in [5, 5.41) is 82.5. The first-order chi connectivity index (χ1) is 40.7. The molecule has 1 heterocycles. The Bertz CT molecular complexity index is 2510. The number of carboxylic acids is 2. The summed E-state index contributed by atoms with van der Waals surface area (Å²) in [4.78, 5) is 163. The molecule has 2 rings (SSSR count). The number of aliphatic carboxylic acids is 2. The Labute approximate surface area is 500 Å². The summed E-state index contributed by atoms with van der Waals surface area (Å²) in [6.07, 6.45) is -6.20. The summed E-state index contributed by atoms with van der Waals surface area (Å²) < 4.78 is 11.2. The monoisotopic (exact) mass is 1240 g/mol. The summed E-state index contributed by atoms with van der Waals surface area (Å²) in [5.74, 6) is -17.4. The normalized spacial score (nSPS) is 24.0. The first-order valence-electron chi connectivity index (χ1n) is 27.9. The van der Waals surface area contributed by atoms with Crippen molar-refractivity contribution in [2.45, 2.75) is 171 Å². The quantitative estimate of drug-likeness (QED) is 0.0178. The van der Waals surface area contributed by atoms with Crippen LogP contribution in [-0.2, 0) is 68.7 Å². The number of carboxylic acid groups (broad SMARTS) is 2. The van der Waals surface area contributed by atoms with E-state index in [0.29, 0.717) is 17.9 Å². The highest BCUT2D eigenvalue weighted by Gasteiger charge is 2.40. The van der Waals surface area contributed by atoms with Crippen molar-refractivity contribution >= 4 is 82.7 Å². The van der Waals surface area contributed by atoms with Gasteiger partial charge in [0.05, 0.1) is 43.6 Å².